The molecule has 4 N–H and O–H groups in total. The molecule has 13 heteroatoms. The highest BCUT2D eigenvalue weighted by Crippen LogP contribution is 2.36. The molecule has 0 spiro atoms. The van der Waals surface area contributed by atoms with E-state index in [9.17, 15) is 14.7 Å². The first-order valence-electron chi connectivity index (χ1n) is 12.8. The Bertz CT molecular complexity index is 1310. The van der Waals surface area contributed by atoms with Gasteiger partial charge >= 0.3 is 12.0 Å². The minimum atomic E-state index is -1.16. The van der Waals surface area contributed by atoms with Gasteiger partial charge in [0.1, 0.15) is 6.61 Å². The van der Waals surface area contributed by atoms with E-state index in [1.807, 2.05) is 26.8 Å². The van der Waals surface area contributed by atoms with Gasteiger partial charge in [0.05, 0.1) is 44.8 Å². The Morgan fingerprint density at radius 3 is 2.59 bits per heavy atom. The highest BCUT2D eigenvalue weighted by Gasteiger charge is 2.32. The van der Waals surface area contributed by atoms with Crippen molar-refractivity contribution in [2.75, 3.05) is 27.4 Å². The topological polar surface area (TPSA) is 149 Å². The van der Waals surface area contributed by atoms with E-state index in [4.69, 9.17) is 23.7 Å². The maximum Gasteiger partial charge on any atom is 0.337 e. The van der Waals surface area contributed by atoms with Crippen LogP contribution in [0.1, 0.15) is 44.9 Å². The number of carbonyl (C=O) groups excluding carboxylic acids is 2. The Balaban J connectivity index is 1.73. The Kier molecular flexibility index (Phi) is 11.2. The van der Waals surface area contributed by atoms with Gasteiger partial charge in [-0.25, -0.2) is 9.59 Å². The molecule has 2 aromatic carbocycles. The molecule has 0 aromatic heterocycles. The van der Waals surface area contributed by atoms with Crippen LogP contribution in [0.25, 0.3) is 0 Å². The molecule has 0 fully saturated rings. The molecule has 12 nitrogen and oxygen atoms in total. The van der Waals surface area contributed by atoms with Crippen LogP contribution >= 0.6 is 15.9 Å². The van der Waals surface area contributed by atoms with Crippen LogP contribution < -0.4 is 35.0 Å². The summed E-state index contributed by atoms with van der Waals surface area (Å²) in [7, 11) is 2.83. The molecule has 3 rings (SSSR count). The summed E-state index contributed by atoms with van der Waals surface area (Å²) < 4.78 is 28.5. The largest absolute Gasteiger partial charge is 0.493 e. The van der Waals surface area contributed by atoms with E-state index in [1.165, 1.54) is 13.3 Å². The zero-order valence-corrected chi connectivity index (χ0v) is 25.3. The van der Waals surface area contributed by atoms with Crippen molar-refractivity contribution in [2.45, 2.75) is 46.1 Å². The summed E-state index contributed by atoms with van der Waals surface area (Å²) in [5, 5.41) is 19.9. The molecule has 1 aliphatic rings. The Hall–Kier alpha value is -3.97. The van der Waals surface area contributed by atoms with Crippen LogP contribution in [0.3, 0.4) is 0 Å². The summed E-state index contributed by atoms with van der Waals surface area (Å²) in [4.78, 5) is 24.6. The number of urea groups is 1. The third-order valence-corrected chi connectivity index (χ3v) is 6.18. The molecule has 1 aliphatic heterocycles. The molecular formula is C28H35BrN4O8. The molecule has 0 radical (unpaired) electrons. The monoisotopic (exact) mass is 634 g/mol. The normalized spacial score (nSPS) is 15.7. The fourth-order valence-corrected chi connectivity index (χ4v) is 4.47. The van der Waals surface area contributed by atoms with Gasteiger partial charge in [-0.15, -0.1) is 0 Å². The number of nitrogens with one attached hydrogen (secondary N) is 3. The second-order valence-corrected chi connectivity index (χ2v) is 10.0. The molecule has 1 heterocycles. The van der Waals surface area contributed by atoms with Gasteiger partial charge in [0.2, 0.25) is 0 Å². The Morgan fingerprint density at radius 2 is 1.93 bits per heavy atom. The molecule has 0 unspecified atom stereocenters. The number of ether oxygens (including phenoxy) is 5. The van der Waals surface area contributed by atoms with Crippen molar-refractivity contribution < 1.29 is 38.4 Å². The SMILES string of the molecule is CCOc1cc([C@@H]2NC(=O)NC(C)=C2C(=O)OC)ccc1OC[C@H](O)N/N=C/c1cc(Br)cc(OC)c1OC(C)C. The van der Waals surface area contributed by atoms with E-state index in [0.717, 1.165) is 4.47 Å². The van der Waals surface area contributed by atoms with Crippen molar-refractivity contribution >= 4 is 34.1 Å². The van der Waals surface area contributed by atoms with Crippen LogP contribution in [-0.4, -0.2) is 63.1 Å². The zero-order valence-electron chi connectivity index (χ0n) is 23.7. The number of aliphatic hydroxyl groups is 1. The number of allylic oxidation sites excluding steroid dienone is 1. The lowest BCUT2D eigenvalue weighted by Crippen LogP contribution is -2.45. The van der Waals surface area contributed by atoms with E-state index in [2.05, 4.69) is 37.1 Å². The second-order valence-electron chi connectivity index (χ2n) is 9.11. The van der Waals surface area contributed by atoms with Crippen LogP contribution in [0.2, 0.25) is 0 Å². The average molecular weight is 636 g/mol. The van der Waals surface area contributed by atoms with Gasteiger partial charge < -0.3 is 39.4 Å². The highest BCUT2D eigenvalue weighted by atomic mass is 79.9. The summed E-state index contributed by atoms with van der Waals surface area (Å²) in [5.41, 5.74) is 4.51. The van der Waals surface area contributed by atoms with Gasteiger partial charge in [-0.2, -0.15) is 5.10 Å². The lowest BCUT2D eigenvalue weighted by atomic mass is 9.95. The number of methoxy groups -OCH3 is 2. The summed E-state index contributed by atoms with van der Waals surface area (Å²) >= 11 is 3.45. The minimum absolute atomic E-state index is 0.0896. The van der Waals surface area contributed by atoms with Crippen LogP contribution in [0.4, 0.5) is 4.79 Å². The minimum Gasteiger partial charge on any atom is -0.493 e. The van der Waals surface area contributed by atoms with Gasteiger partial charge in [0, 0.05) is 15.7 Å². The van der Waals surface area contributed by atoms with Gasteiger partial charge in [-0.1, -0.05) is 22.0 Å². The van der Waals surface area contributed by atoms with Crippen molar-refractivity contribution in [3.05, 3.63) is 57.2 Å². The second kappa shape index (κ2) is 14.6. The molecule has 2 atom stereocenters. The number of amides is 2. The van der Waals surface area contributed by atoms with Crippen molar-refractivity contribution in [3.63, 3.8) is 0 Å². The summed E-state index contributed by atoms with van der Waals surface area (Å²) in [6.07, 6.45) is 0.258. The van der Waals surface area contributed by atoms with Crippen molar-refractivity contribution in [1.29, 1.82) is 0 Å². The number of hydrogen-bond donors (Lipinski definition) is 4. The number of benzene rings is 2. The third-order valence-electron chi connectivity index (χ3n) is 5.72. The maximum absolute atomic E-state index is 12.4. The molecule has 0 saturated heterocycles. The van der Waals surface area contributed by atoms with E-state index in [0.29, 0.717) is 46.4 Å². The lowest BCUT2D eigenvalue weighted by molar-refractivity contribution is -0.136. The van der Waals surface area contributed by atoms with Gasteiger partial charge in [-0.05, 0) is 57.5 Å². The fourth-order valence-electron chi connectivity index (χ4n) is 4.01. The van der Waals surface area contributed by atoms with Crippen molar-refractivity contribution in [2.24, 2.45) is 5.10 Å². The molecule has 0 bridgehead atoms. The Labute approximate surface area is 247 Å². The van der Waals surface area contributed by atoms with Crippen molar-refractivity contribution in [1.82, 2.24) is 16.1 Å². The number of nitrogens with zero attached hydrogens (tertiary/aromatic N) is 1. The van der Waals surface area contributed by atoms with Crippen molar-refractivity contribution in [3.8, 4) is 23.0 Å². The zero-order chi connectivity index (χ0) is 30.1. The molecule has 0 saturated carbocycles. The first kappa shape index (κ1) is 31.6. The number of aliphatic hydroxyl groups excluding tert-OH is 1. The quantitative estimate of drug-likeness (QED) is 0.112. The van der Waals surface area contributed by atoms with E-state index < -0.39 is 24.3 Å². The third kappa shape index (κ3) is 8.27. The summed E-state index contributed by atoms with van der Waals surface area (Å²) in [6.45, 7) is 7.42. The summed E-state index contributed by atoms with van der Waals surface area (Å²) in [6, 6.07) is 7.40. The summed E-state index contributed by atoms with van der Waals surface area (Å²) in [5.74, 6) is 1.21. The molecule has 222 valence electrons. The van der Waals surface area contributed by atoms with E-state index in [1.54, 1.807) is 38.3 Å². The Morgan fingerprint density at radius 1 is 1.17 bits per heavy atom. The molecule has 2 amide bonds. The van der Waals surface area contributed by atoms with E-state index in [-0.39, 0.29) is 18.3 Å². The molecular weight excluding hydrogens is 600 g/mol. The van der Waals surface area contributed by atoms with E-state index >= 15 is 0 Å². The number of hydrogen-bond acceptors (Lipinski definition) is 10. The van der Waals surface area contributed by atoms with Crippen LogP contribution in [0.5, 0.6) is 23.0 Å². The number of rotatable bonds is 13. The van der Waals surface area contributed by atoms with Gasteiger partial charge in [-0.3, -0.25) is 5.43 Å². The first-order chi connectivity index (χ1) is 19.6. The lowest BCUT2D eigenvalue weighted by Gasteiger charge is -2.28. The van der Waals surface area contributed by atoms with Gasteiger partial charge in [0.25, 0.3) is 0 Å². The predicted molar refractivity (Wildman–Crippen MR) is 155 cm³/mol. The number of esters is 1. The highest BCUT2D eigenvalue weighted by molar-refractivity contribution is 9.10. The van der Waals surface area contributed by atoms with Gasteiger partial charge in [0.15, 0.2) is 29.2 Å². The number of halogens is 1. The smallest absolute Gasteiger partial charge is 0.337 e. The van der Waals surface area contributed by atoms with Crippen LogP contribution in [0.15, 0.2) is 51.2 Å². The molecule has 2 aromatic rings. The molecule has 0 aliphatic carbocycles. The average Bonchev–Trinajstić information content (AvgIpc) is 2.92. The van der Waals surface area contributed by atoms with Crippen LogP contribution in [-0.2, 0) is 9.53 Å². The number of hydrazone groups is 1. The molecule has 41 heavy (non-hydrogen) atoms. The van der Waals surface area contributed by atoms with Crippen LogP contribution in [0, 0.1) is 0 Å². The predicted octanol–water partition coefficient (Wildman–Crippen LogP) is 3.77. The standard InChI is InChI=1S/C28H35BrN4O8/c1-7-39-21-11-17(25-24(27(35)38-6)16(4)31-28(36)32-25)8-9-20(21)40-14-23(34)33-30-13-18-10-19(29)12-22(37-5)26(18)41-15(2)3/h8-13,15,23,25,33-34H,7,14H2,1-6H3,(H2,31,32,36)/b30-13+/t23-,25-/m0/s1. The first-order valence-corrected chi connectivity index (χ1v) is 13.6. The fraction of sp³-hybridized carbons (Fsp3) is 0.393. The maximum atomic E-state index is 12.4. The number of carbonyl (C=O) groups is 2.